The van der Waals surface area contributed by atoms with Gasteiger partial charge in [-0.05, 0) is 24.3 Å². The lowest BCUT2D eigenvalue weighted by atomic mass is 9.97. The summed E-state index contributed by atoms with van der Waals surface area (Å²) in [6, 6.07) is 19.1. The zero-order valence-electron chi connectivity index (χ0n) is 19.8. The third-order valence-corrected chi connectivity index (χ3v) is 6.41. The molecule has 6 rings (SSSR count). The number of nitrogens with one attached hydrogen (secondary N) is 1. The number of hydrogen-bond acceptors (Lipinski definition) is 6. The summed E-state index contributed by atoms with van der Waals surface area (Å²) < 4.78 is 9.16. The van der Waals surface area contributed by atoms with Crippen molar-refractivity contribution in [3.8, 4) is 5.69 Å². The number of ether oxygens (including phenoxy) is 1. The fraction of sp³-hybridized carbons (Fsp3) is 0.143. The minimum Gasteiger partial charge on any atom is -0.394 e. The molecule has 0 atom stereocenters. The summed E-state index contributed by atoms with van der Waals surface area (Å²) in [5.74, 6) is -0.941. The van der Waals surface area contributed by atoms with E-state index in [2.05, 4.69) is 10.3 Å². The molecular formula is C28H23N5O4. The topological polar surface area (TPSA) is 111 Å². The van der Waals surface area contributed by atoms with Crippen LogP contribution in [0.15, 0.2) is 79.3 Å². The first kappa shape index (κ1) is 22.8. The van der Waals surface area contributed by atoms with E-state index in [9.17, 15) is 9.59 Å². The number of para-hydroxylation sites is 2. The van der Waals surface area contributed by atoms with Crippen molar-refractivity contribution < 1.29 is 19.4 Å². The molecule has 0 saturated heterocycles. The molecule has 0 saturated carbocycles. The Morgan fingerprint density at radius 3 is 2.41 bits per heavy atom. The minimum atomic E-state index is -0.481. The Balaban J connectivity index is 1.56. The molecule has 184 valence electrons. The van der Waals surface area contributed by atoms with Gasteiger partial charge in [0, 0.05) is 28.7 Å². The molecule has 0 unspecified atom stereocenters. The number of aromatic nitrogens is 4. The molecule has 0 spiro atoms. The average molecular weight is 494 g/mol. The van der Waals surface area contributed by atoms with Gasteiger partial charge in [0.2, 0.25) is 0 Å². The number of rotatable bonds is 8. The van der Waals surface area contributed by atoms with Crippen LogP contribution in [0.2, 0.25) is 0 Å². The first-order valence-electron chi connectivity index (χ1n) is 11.9. The largest absolute Gasteiger partial charge is 0.394 e. The van der Waals surface area contributed by atoms with Crippen LogP contribution in [-0.4, -0.2) is 56.1 Å². The number of carbonyl (C=O) groups is 2. The molecule has 3 aromatic heterocycles. The van der Waals surface area contributed by atoms with Crippen LogP contribution < -0.4 is 5.32 Å². The lowest BCUT2D eigenvalue weighted by Crippen LogP contribution is -2.22. The normalized spacial score (nSPS) is 13.8. The van der Waals surface area contributed by atoms with Crippen LogP contribution in [-0.2, 0) is 20.9 Å². The number of carbonyl (C=O) groups excluding carboxylic acids is 2. The summed E-state index contributed by atoms with van der Waals surface area (Å²) in [7, 11) is 0. The molecule has 5 aromatic rings. The number of aliphatic hydroxyl groups is 1. The van der Waals surface area contributed by atoms with Crippen molar-refractivity contribution in [1.29, 1.82) is 0 Å². The van der Waals surface area contributed by atoms with Crippen molar-refractivity contribution in [2.45, 2.75) is 6.54 Å². The highest BCUT2D eigenvalue weighted by atomic mass is 16.5. The lowest BCUT2D eigenvalue weighted by Gasteiger charge is -2.04. The van der Waals surface area contributed by atoms with Crippen LogP contribution in [0.3, 0.4) is 0 Å². The molecule has 1 aliphatic heterocycles. The molecule has 0 bridgehead atoms. The smallest absolute Gasteiger partial charge is 0.261 e. The number of imide groups is 1. The summed E-state index contributed by atoms with van der Waals surface area (Å²) in [6.07, 6.45) is 5.33. The van der Waals surface area contributed by atoms with E-state index in [0.717, 1.165) is 27.5 Å². The second-order valence-electron chi connectivity index (χ2n) is 8.60. The van der Waals surface area contributed by atoms with Crippen molar-refractivity contribution in [2.24, 2.45) is 0 Å². The maximum Gasteiger partial charge on any atom is 0.261 e. The van der Waals surface area contributed by atoms with E-state index in [-0.39, 0.29) is 24.4 Å². The highest BCUT2D eigenvalue weighted by Gasteiger charge is 2.36. The van der Waals surface area contributed by atoms with Gasteiger partial charge in [-0.3, -0.25) is 24.6 Å². The molecule has 0 fully saturated rings. The molecule has 4 heterocycles. The van der Waals surface area contributed by atoms with E-state index in [1.165, 1.54) is 0 Å². The molecule has 0 radical (unpaired) electrons. The van der Waals surface area contributed by atoms with Gasteiger partial charge in [-0.15, -0.1) is 0 Å². The molecule has 37 heavy (non-hydrogen) atoms. The minimum absolute atomic E-state index is 0.0592. The summed E-state index contributed by atoms with van der Waals surface area (Å²) >= 11 is 0. The number of aliphatic hydroxyl groups excluding tert-OH is 1. The lowest BCUT2D eigenvalue weighted by molar-refractivity contribution is -0.122. The fourth-order valence-electron chi connectivity index (χ4n) is 4.83. The standard InChI is InChI=1S/C28H23N5O4/c34-13-15-37-14-12-33-23-10-4-2-8-20(23)26(31-33)25-24(27(35)30-28(25)36)21-17-32(18-6-5-11-29-16-18)22-9-3-1-7-19(21)22/h1-11,16-17,34H,12-15H2,(H,30,35,36). The third kappa shape index (κ3) is 3.90. The van der Waals surface area contributed by atoms with E-state index >= 15 is 0 Å². The van der Waals surface area contributed by atoms with Gasteiger partial charge in [-0.1, -0.05) is 36.4 Å². The first-order valence-corrected chi connectivity index (χ1v) is 11.9. The van der Waals surface area contributed by atoms with E-state index < -0.39 is 11.8 Å². The Morgan fingerprint density at radius 1 is 0.865 bits per heavy atom. The van der Waals surface area contributed by atoms with Crippen LogP contribution in [0.5, 0.6) is 0 Å². The van der Waals surface area contributed by atoms with Gasteiger partial charge in [0.15, 0.2) is 0 Å². The van der Waals surface area contributed by atoms with Gasteiger partial charge >= 0.3 is 0 Å². The summed E-state index contributed by atoms with van der Waals surface area (Å²) in [5, 5.41) is 17.8. The summed E-state index contributed by atoms with van der Waals surface area (Å²) in [4.78, 5) is 30.7. The van der Waals surface area contributed by atoms with Gasteiger partial charge in [0.1, 0.15) is 5.69 Å². The Hall–Kier alpha value is -4.60. The molecule has 1 aliphatic rings. The number of nitrogens with zero attached hydrogens (tertiary/aromatic N) is 4. The van der Waals surface area contributed by atoms with Gasteiger partial charge in [0.25, 0.3) is 11.8 Å². The molecular weight excluding hydrogens is 470 g/mol. The fourth-order valence-corrected chi connectivity index (χ4v) is 4.83. The van der Waals surface area contributed by atoms with Gasteiger partial charge in [0.05, 0.1) is 60.4 Å². The van der Waals surface area contributed by atoms with Crippen LogP contribution in [0.1, 0.15) is 11.3 Å². The maximum absolute atomic E-state index is 13.3. The van der Waals surface area contributed by atoms with E-state index in [4.69, 9.17) is 14.9 Å². The van der Waals surface area contributed by atoms with E-state index in [0.29, 0.717) is 24.4 Å². The van der Waals surface area contributed by atoms with Gasteiger partial charge in [-0.2, -0.15) is 5.10 Å². The highest BCUT2D eigenvalue weighted by Crippen LogP contribution is 2.38. The Bertz CT molecular complexity index is 1680. The highest BCUT2D eigenvalue weighted by molar-refractivity contribution is 6.50. The quantitative estimate of drug-likeness (QED) is 0.254. The zero-order valence-corrected chi connectivity index (χ0v) is 19.8. The monoisotopic (exact) mass is 493 g/mol. The van der Waals surface area contributed by atoms with Crippen LogP contribution in [0, 0.1) is 0 Å². The predicted octanol–water partition coefficient (Wildman–Crippen LogP) is 2.95. The maximum atomic E-state index is 13.3. The Kier molecular flexibility index (Phi) is 5.84. The summed E-state index contributed by atoms with van der Waals surface area (Å²) in [5.41, 5.74) is 4.16. The summed E-state index contributed by atoms with van der Waals surface area (Å²) in [6.45, 7) is 0.954. The van der Waals surface area contributed by atoms with Crippen molar-refractivity contribution in [1.82, 2.24) is 24.6 Å². The van der Waals surface area contributed by atoms with Gasteiger partial charge in [-0.25, -0.2) is 0 Å². The molecule has 0 aliphatic carbocycles. The molecule has 9 heteroatoms. The van der Waals surface area contributed by atoms with Crippen molar-refractivity contribution in [2.75, 3.05) is 19.8 Å². The number of amides is 2. The Morgan fingerprint density at radius 2 is 1.62 bits per heavy atom. The molecule has 9 nitrogen and oxygen atoms in total. The van der Waals surface area contributed by atoms with Crippen molar-refractivity contribution in [3.05, 3.63) is 90.5 Å². The predicted molar refractivity (Wildman–Crippen MR) is 139 cm³/mol. The number of benzene rings is 2. The van der Waals surface area contributed by atoms with Crippen LogP contribution in [0.4, 0.5) is 0 Å². The van der Waals surface area contributed by atoms with E-state index in [1.807, 2.05) is 71.4 Å². The van der Waals surface area contributed by atoms with Crippen molar-refractivity contribution >= 4 is 44.8 Å². The number of hydrogen-bond donors (Lipinski definition) is 2. The molecule has 2 amide bonds. The van der Waals surface area contributed by atoms with Crippen LogP contribution in [0.25, 0.3) is 38.6 Å². The third-order valence-electron chi connectivity index (χ3n) is 6.41. The van der Waals surface area contributed by atoms with Crippen molar-refractivity contribution in [3.63, 3.8) is 0 Å². The molecule has 2 N–H and O–H groups in total. The van der Waals surface area contributed by atoms with Gasteiger partial charge < -0.3 is 14.4 Å². The molecule has 2 aromatic carbocycles. The van der Waals surface area contributed by atoms with E-state index in [1.54, 1.807) is 17.1 Å². The Labute approximate surface area is 211 Å². The first-order chi connectivity index (χ1) is 18.2. The number of fused-ring (bicyclic) bond motifs is 2. The van der Waals surface area contributed by atoms with Crippen LogP contribution >= 0.6 is 0 Å². The second kappa shape index (κ2) is 9.45. The SMILES string of the molecule is O=C1NC(=O)C(c2nn(CCOCCO)c3ccccc23)=C1c1cn(-c2cccnc2)c2ccccc12. The number of pyridine rings is 1. The zero-order chi connectivity index (χ0) is 25.4. The average Bonchev–Trinajstić information content (AvgIpc) is 3.57. The second-order valence-corrected chi connectivity index (χ2v) is 8.60.